The third-order valence-electron chi connectivity index (χ3n) is 1.67. The fourth-order valence-corrected chi connectivity index (χ4v) is 1.13. The summed E-state index contributed by atoms with van der Waals surface area (Å²) in [7, 11) is 0. The van der Waals surface area contributed by atoms with Gasteiger partial charge in [0.1, 0.15) is 0 Å². The van der Waals surface area contributed by atoms with E-state index in [9.17, 15) is 4.39 Å². The van der Waals surface area contributed by atoms with Gasteiger partial charge in [-0.3, -0.25) is 0 Å². The standard InChI is InChI=1S/C9H10ClFN2/c1-2-3-8(12)6-4-7(10)9(11)13-5-6/h2,4-5,8H,1,3,12H2/t8-/m1/s1. The molecule has 1 heterocycles. The van der Waals surface area contributed by atoms with Gasteiger partial charge in [0.15, 0.2) is 0 Å². The molecule has 0 aliphatic heterocycles. The first-order valence-electron chi connectivity index (χ1n) is 3.82. The molecule has 0 spiro atoms. The molecule has 0 aliphatic rings. The molecule has 0 saturated carbocycles. The van der Waals surface area contributed by atoms with E-state index in [1.165, 1.54) is 12.3 Å². The number of aromatic nitrogens is 1. The average molecular weight is 201 g/mol. The molecule has 0 aromatic carbocycles. The summed E-state index contributed by atoms with van der Waals surface area (Å²) < 4.78 is 12.6. The zero-order valence-electron chi connectivity index (χ0n) is 7.00. The van der Waals surface area contributed by atoms with Crippen molar-refractivity contribution in [2.45, 2.75) is 12.5 Å². The van der Waals surface area contributed by atoms with Crippen LogP contribution in [0.3, 0.4) is 0 Å². The molecule has 1 atom stereocenters. The van der Waals surface area contributed by atoms with E-state index in [1.807, 2.05) is 0 Å². The SMILES string of the molecule is C=CC[C@@H](N)c1cnc(F)c(Cl)c1. The van der Waals surface area contributed by atoms with Gasteiger partial charge in [-0.15, -0.1) is 6.58 Å². The maximum atomic E-state index is 12.6. The molecule has 70 valence electrons. The van der Waals surface area contributed by atoms with Crippen LogP contribution >= 0.6 is 11.6 Å². The summed E-state index contributed by atoms with van der Waals surface area (Å²) >= 11 is 5.54. The molecule has 0 saturated heterocycles. The second-order valence-electron chi connectivity index (χ2n) is 2.67. The molecule has 1 aromatic rings. The van der Waals surface area contributed by atoms with E-state index in [0.29, 0.717) is 12.0 Å². The van der Waals surface area contributed by atoms with Gasteiger partial charge in [0.05, 0.1) is 5.02 Å². The number of hydrogen-bond donors (Lipinski definition) is 1. The van der Waals surface area contributed by atoms with Crippen LogP contribution in [0.15, 0.2) is 24.9 Å². The van der Waals surface area contributed by atoms with E-state index in [4.69, 9.17) is 17.3 Å². The van der Waals surface area contributed by atoms with Crippen LogP contribution in [0.25, 0.3) is 0 Å². The van der Waals surface area contributed by atoms with Crippen molar-refractivity contribution in [3.05, 3.63) is 41.5 Å². The summed E-state index contributed by atoms with van der Waals surface area (Å²) in [6.45, 7) is 3.56. The Labute approximate surface area is 81.2 Å². The number of halogens is 2. The van der Waals surface area contributed by atoms with Gasteiger partial charge in [0.2, 0.25) is 5.95 Å². The first kappa shape index (κ1) is 10.2. The Morgan fingerprint density at radius 2 is 2.46 bits per heavy atom. The molecule has 1 rings (SSSR count). The fourth-order valence-electron chi connectivity index (χ4n) is 0.954. The third kappa shape index (κ3) is 2.50. The Bertz CT molecular complexity index is 314. The van der Waals surface area contributed by atoms with E-state index in [-0.39, 0.29) is 11.1 Å². The molecule has 4 heteroatoms. The van der Waals surface area contributed by atoms with Crippen molar-refractivity contribution in [1.82, 2.24) is 4.98 Å². The highest BCUT2D eigenvalue weighted by atomic mass is 35.5. The van der Waals surface area contributed by atoms with Gasteiger partial charge in [-0.2, -0.15) is 4.39 Å². The van der Waals surface area contributed by atoms with E-state index >= 15 is 0 Å². The lowest BCUT2D eigenvalue weighted by atomic mass is 10.1. The molecule has 0 bridgehead atoms. The summed E-state index contributed by atoms with van der Waals surface area (Å²) in [5.74, 6) is -0.670. The number of pyridine rings is 1. The minimum Gasteiger partial charge on any atom is -0.324 e. The zero-order chi connectivity index (χ0) is 9.84. The summed E-state index contributed by atoms with van der Waals surface area (Å²) in [4.78, 5) is 3.47. The molecule has 1 aromatic heterocycles. The molecule has 0 amide bonds. The van der Waals surface area contributed by atoms with Gasteiger partial charge in [0, 0.05) is 12.2 Å². The van der Waals surface area contributed by atoms with Crippen molar-refractivity contribution in [1.29, 1.82) is 0 Å². The van der Waals surface area contributed by atoms with Crippen LogP contribution in [0.1, 0.15) is 18.0 Å². The van der Waals surface area contributed by atoms with Crippen molar-refractivity contribution in [2.75, 3.05) is 0 Å². The molecule has 2 nitrogen and oxygen atoms in total. The number of hydrogen-bond acceptors (Lipinski definition) is 2. The summed E-state index contributed by atoms with van der Waals surface area (Å²) in [6.07, 6.45) is 3.70. The largest absolute Gasteiger partial charge is 0.324 e. The van der Waals surface area contributed by atoms with Crippen molar-refractivity contribution in [3.63, 3.8) is 0 Å². The number of nitrogens with zero attached hydrogens (tertiary/aromatic N) is 1. The van der Waals surface area contributed by atoms with Crippen molar-refractivity contribution in [3.8, 4) is 0 Å². The Balaban J connectivity index is 2.89. The Morgan fingerprint density at radius 1 is 1.77 bits per heavy atom. The molecule has 0 fully saturated rings. The quantitative estimate of drug-likeness (QED) is 0.601. The van der Waals surface area contributed by atoms with Gasteiger partial charge in [-0.05, 0) is 18.1 Å². The van der Waals surface area contributed by atoms with Crippen LogP contribution in [-0.2, 0) is 0 Å². The second kappa shape index (κ2) is 4.35. The van der Waals surface area contributed by atoms with Crippen molar-refractivity contribution in [2.24, 2.45) is 5.73 Å². The number of nitrogens with two attached hydrogens (primary N) is 1. The van der Waals surface area contributed by atoms with Gasteiger partial charge in [-0.1, -0.05) is 17.7 Å². The predicted molar refractivity (Wildman–Crippen MR) is 50.9 cm³/mol. The van der Waals surface area contributed by atoms with E-state index < -0.39 is 5.95 Å². The zero-order valence-corrected chi connectivity index (χ0v) is 7.76. The summed E-state index contributed by atoms with van der Waals surface area (Å²) in [6, 6.07) is 1.26. The van der Waals surface area contributed by atoms with E-state index in [2.05, 4.69) is 11.6 Å². The number of rotatable bonds is 3. The smallest absolute Gasteiger partial charge is 0.231 e. The first-order valence-corrected chi connectivity index (χ1v) is 4.20. The Kier molecular flexibility index (Phi) is 3.39. The van der Waals surface area contributed by atoms with E-state index in [0.717, 1.165) is 0 Å². The molecule has 0 unspecified atom stereocenters. The lowest BCUT2D eigenvalue weighted by Gasteiger charge is -2.08. The van der Waals surface area contributed by atoms with Crippen LogP contribution in [0.2, 0.25) is 5.02 Å². The Hall–Kier alpha value is -0.930. The topological polar surface area (TPSA) is 38.9 Å². The van der Waals surface area contributed by atoms with Crippen LogP contribution in [0.5, 0.6) is 0 Å². The summed E-state index contributed by atoms with van der Waals surface area (Å²) in [5, 5.41) is -0.00277. The fraction of sp³-hybridized carbons (Fsp3) is 0.222. The predicted octanol–water partition coefficient (Wildman–Crippen LogP) is 2.45. The molecule has 0 radical (unpaired) electrons. The molecule has 0 aliphatic carbocycles. The highest BCUT2D eigenvalue weighted by Crippen LogP contribution is 2.19. The van der Waals surface area contributed by atoms with Gasteiger partial charge in [0.25, 0.3) is 0 Å². The highest BCUT2D eigenvalue weighted by molar-refractivity contribution is 6.30. The molecular weight excluding hydrogens is 191 g/mol. The first-order chi connectivity index (χ1) is 6.15. The van der Waals surface area contributed by atoms with Crippen LogP contribution in [-0.4, -0.2) is 4.98 Å². The maximum absolute atomic E-state index is 12.6. The normalized spacial score (nSPS) is 12.5. The highest BCUT2D eigenvalue weighted by Gasteiger charge is 2.07. The minimum absolute atomic E-state index is 0.00277. The minimum atomic E-state index is -0.670. The lowest BCUT2D eigenvalue weighted by molar-refractivity contribution is 0.580. The van der Waals surface area contributed by atoms with Crippen LogP contribution in [0.4, 0.5) is 4.39 Å². The van der Waals surface area contributed by atoms with Gasteiger partial charge < -0.3 is 5.73 Å². The van der Waals surface area contributed by atoms with Gasteiger partial charge >= 0.3 is 0 Å². The third-order valence-corrected chi connectivity index (χ3v) is 1.93. The molecule has 2 N–H and O–H groups in total. The van der Waals surface area contributed by atoms with Gasteiger partial charge in [-0.25, -0.2) is 4.98 Å². The molecular formula is C9H10ClFN2. The Morgan fingerprint density at radius 3 is 3.00 bits per heavy atom. The van der Waals surface area contributed by atoms with Crippen molar-refractivity contribution >= 4 is 11.6 Å². The second-order valence-corrected chi connectivity index (χ2v) is 3.08. The monoisotopic (exact) mass is 200 g/mol. The maximum Gasteiger partial charge on any atom is 0.231 e. The van der Waals surface area contributed by atoms with E-state index in [1.54, 1.807) is 6.08 Å². The lowest BCUT2D eigenvalue weighted by Crippen LogP contribution is -2.09. The van der Waals surface area contributed by atoms with Crippen molar-refractivity contribution < 1.29 is 4.39 Å². The summed E-state index contributed by atoms with van der Waals surface area (Å²) in [5.41, 5.74) is 6.45. The average Bonchev–Trinajstić information content (AvgIpc) is 2.10. The van der Waals surface area contributed by atoms with Crippen LogP contribution < -0.4 is 5.73 Å². The van der Waals surface area contributed by atoms with Crippen LogP contribution in [0, 0.1) is 5.95 Å². The molecule has 13 heavy (non-hydrogen) atoms.